The third kappa shape index (κ3) is 4.31. The lowest BCUT2D eigenvalue weighted by molar-refractivity contribution is 0.0432. The molecule has 0 aliphatic heterocycles. The Morgan fingerprint density at radius 1 is 0.824 bits per heavy atom. The van der Waals surface area contributed by atoms with Crippen LogP contribution in [0.3, 0.4) is 0 Å². The van der Waals surface area contributed by atoms with E-state index in [4.69, 9.17) is 0 Å². The number of benzene rings is 3. The highest BCUT2D eigenvalue weighted by molar-refractivity contribution is 5.83. The first-order chi connectivity index (χ1) is 16.6. The number of nitrogens with zero attached hydrogens (tertiary/aromatic N) is 2. The predicted octanol–water partition coefficient (Wildman–Crippen LogP) is 6.78. The quantitative estimate of drug-likeness (QED) is 0.334. The largest absolute Gasteiger partial charge is 0.361 e. The summed E-state index contributed by atoms with van der Waals surface area (Å²) in [6, 6.07) is 31.8. The van der Waals surface area contributed by atoms with E-state index >= 15 is 0 Å². The zero-order valence-electron chi connectivity index (χ0n) is 20.7. The molecule has 3 aromatic carbocycles. The van der Waals surface area contributed by atoms with Crippen molar-refractivity contribution in [3.8, 4) is 0 Å². The highest BCUT2D eigenvalue weighted by Gasteiger charge is 2.40. The topological polar surface area (TPSA) is 22.3 Å². The molecule has 1 N–H and O–H groups in total. The normalized spacial score (nSPS) is 21.9. The van der Waals surface area contributed by atoms with Crippen molar-refractivity contribution in [3.05, 3.63) is 108 Å². The molecule has 1 aliphatic carbocycles. The number of nitrogens with one attached hydrogen (secondary N) is 1. The zero-order valence-corrected chi connectivity index (χ0v) is 20.7. The molecular weight excluding hydrogens is 414 g/mol. The number of hydrogen-bond acceptors (Lipinski definition) is 2. The van der Waals surface area contributed by atoms with Gasteiger partial charge in [-0.25, -0.2) is 0 Å². The molecule has 5 rings (SSSR count). The van der Waals surface area contributed by atoms with Gasteiger partial charge in [-0.1, -0.05) is 78.9 Å². The van der Waals surface area contributed by atoms with Crippen molar-refractivity contribution in [2.75, 3.05) is 21.1 Å². The van der Waals surface area contributed by atoms with Gasteiger partial charge < -0.3 is 4.98 Å². The fourth-order valence-corrected chi connectivity index (χ4v) is 6.17. The summed E-state index contributed by atoms with van der Waals surface area (Å²) in [5, 5.41) is 1.34. The molecule has 1 atom stereocenters. The van der Waals surface area contributed by atoms with Gasteiger partial charge >= 0.3 is 0 Å². The van der Waals surface area contributed by atoms with Gasteiger partial charge in [0.1, 0.15) is 0 Å². The smallest absolute Gasteiger partial charge is 0.0456 e. The summed E-state index contributed by atoms with van der Waals surface area (Å²) < 4.78 is 0. The Bertz CT molecular complexity index is 1190. The van der Waals surface area contributed by atoms with Crippen LogP contribution in [0.15, 0.2) is 91.1 Å². The summed E-state index contributed by atoms with van der Waals surface area (Å²) in [7, 11) is 6.85. The molecule has 0 bridgehead atoms. The molecule has 1 aromatic heterocycles. The average Bonchev–Trinajstić information content (AvgIpc) is 3.30. The summed E-state index contributed by atoms with van der Waals surface area (Å²) >= 11 is 0. The van der Waals surface area contributed by atoms with E-state index in [1.807, 2.05) is 0 Å². The van der Waals surface area contributed by atoms with Gasteiger partial charge in [0.25, 0.3) is 0 Å². The van der Waals surface area contributed by atoms with E-state index in [-0.39, 0.29) is 5.54 Å². The second kappa shape index (κ2) is 9.77. The van der Waals surface area contributed by atoms with Crippen LogP contribution in [0.25, 0.3) is 10.9 Å². The molecule has 0 amide bonds. The van der Waals surface area contributed by atoms with Gasteiger partial charge in [0, 0.05) is 34.7 Å². The van der Waals surface area contributed by atoms with Crippen LogP contribution < -0.4 is 0 Å². The summed E-state index contributed by atoms with van der Waals surface area (Å²) in [4.78, 5) is 8.61. The van der Waals surface area contributed by atoms with Crippen LogP contribution in [-0.2, 0) is 12.0 Å². The fourth-order valence-electron chi connectivity index (χ4n) is 6.17. The van der Waals surface area contributed by atoms with E-state index in [0.717, 1.165) is 6.42 Å². The first-order valence-corrected chi connectivity index (χ1v) is 12.6. The monoisotopic (exact) mass is 451 g/mol. The average molecular weight is 452 g/mol. The first-order valence-electron chi connectivity index (χ1n) is 12.6. The molecule has 34 heavy (non-hydrogen) atoms. The molecule has 3 heteroatoms. The summed E-state index contributed by atoms with van der Waals surface area (Å²) in [5.41, 5.74) is 5.63. The van der Waals surface area contributed by atoms with Crippen LogP contribution in [0.1, 0.15) is 48.4 Å². The molecule has 4 aromatic rings. The second-order valence-electron chi connectivity index (χ2n) is 10.2. The van der Waals surface area contributed by atoms with E-state index in [2.05, 4.69) is 127 Å². The molecule has 1 heterocycles. The number of aromatic amines is 1. The maximum absolute atomic E-state index is 3.48. The molecule has 0 radical (unpaired) electrons. The van der Waals surface area contributed by atoms with Crippen LogP contribution in [0.4, 0.5) is 0 Å². The number of H-pyrrole nitrogens is 1. The molecule has 3 nitrogen and oxygen atoms in total. The first kappa shape index (κ1) is 22.9. The van der Waals surface area contributed by atoms with E-state index in [1.165, 1.54) is 53.3 Å². The van der Waals surface area contributed by atoms with Gasteiger partial charge in [0.15, 0.2) is 0 Å². The van der Waals surface area contributed by atoms with Crippen molar-refractivity contribution < 1.29 is 0 Å². The third-order valence-electron chi connectivity index (χ3n) is 8.29. The molecule has 0 saturated heterocycles. The zero-order chi connectivity index (χ0) is 23.5. The van der Waals surface area contributed by atoms with Gasteiger partial charge in [0.05, 0.1) is 0 Å². The summed E-state index contributed by atoms with van der Waals surface area (Å²) in [6.07, 6.45) is 8.02. The van der Waals surface area contributed by atoms with Gasteiger partial charge in [-0.15, -0.1) is 0 Å². The van der Waals surface area contributed by atoms with E-state index in [0.29, 0.717) is 12.1 Å². The van der Waals surface area contributed by atoms with Crippen molar-refractivity contribution in [2.24, 2.45) is 0 Å². The van der Waals surface area contributed by atoms with E-state index in [1.54, 1.807) is 0 Å². The van der Waals surface area contributed by atoms with Gasteiger partial charge in [-0.2, -0.15) is 0 Å². The Hall–Kier alpha value is -2.88. The SMILES string of the molecule is CN(C1CCC(c2ccccc2)(N(C)C)CC1)C(Cc1c[nH]c2ccccc12)c1ccccc1. The molecule has 1 saturated carbocycles. The van der Waals surface area contributed by atoms with Crippen molar-refractivity contribution in [3.63, 3.8) is 0 Å². The number of fused-ring (bicyclic) bond motifs is 1. The molecule has 0 spiro atoms. The van der Waals surface area contributed by atoms with Crippen LogP contribution in [-0.4, -0.2) is 42.0 Å². The molecule has 176 valence electrons. The minimum Gasteiger partial charge on any atom is -0.361 e. The van der Waals surface area contributed by atoms with Gasteiger partial charge in [-0.3, -0.25) is 9.80 Å². The van der Waals surface area contributed by atoms with E-state index in [9.17, 15) is 0 Å². The van der Waals surface area contributed by atoms with Crippen LogP contribution >= 0.6 is 0 Å². The lowest BCUT2D eigenvalue weighted by atomic mass is 9.73. The van der Waals surface area contributed by atoms with Crippen LogP contribution in [0.2, 0.25) is 0 Å². The maximum atomic E-state index is 3.48. The minimum atomic E-state index is 0.137. The Balaban J connectivity index is 1.40. The fraction of sp³-hybridized carbons (Fsp3) is 0.355. The predicted molar refractivity (Wildman–Crippen MR) is 143 cm³/mol. The summed E-state index contributed by atoms with van der Waals surface area (Å²) in [6.45, 7) is 0. The number of aromatic nitrogens is 1. The highest BCUT2D eigenvalue weighted by atomic mass is 15.2. The maximum Gasteiger partial charge on any atom is 0.0456 e. The molecule has 1 unspecified atom stereocenters. The van der Waals surface area contributed by atoms with Crippen molar-refractivity contribution >= 4 is 10.9 Å². The summed E-state index contributed by atoms with van der Waals surface area (Å²) in [5.74, 6) is 0. The van der Waals surface area contributed by atoms with Crippen molar-refractivity contribution in [1.29, 1.82) is 0 Å². The lowest BCUT2D eigenvalue weighted by Crippen LogP contribution is -2.48. The molecular formula is C31H37N3. The number of hydrogen-bond donors (Lipinski definition) is 1. The van der Waals surface area contributed by atoms with E-state index < -0.39 is 0 Å². The van der Waals surface area contributed by atoms with Crippen LogP contribution in [0.5, 0.6) is 0 Å². The second-order valence-corrected chi connectivity index (χ2v) is 10.2. The minimum absolute atomic E-state index is 0.137. The highest BCUT2D eigenvalue weighted by Crippen LogP contribution is 2.43. The number of para-hydroxylation sites is 1. The number of likely N-dealkylation sites (N-methyl/N-ethyl adjacent to an activating group) is 1. The number of rotatable bonds is 7. The van der Waals surface area contributed by atoms with Gasteiger partial charge in [-0.05, 0) is 76.0 Å². The lowest BCUT2D eigenvalue weighted by Gasteiger charge is -2.48. The Morgan fingerprint density at radius 2 is 1.44 bits per heavy atom. The van der Waals surface area contributed by atoms with Gasteiger partial charge in [0.2, 0.25) is 0 Å². The third-order valence-corrected chi connectivity index (χ3v) is 8.29. The standard InChI is InChI=1S/C31H37N3/c1-33(2)31(26-14-8-5-9-15-26)20-18-27(19-21-31)34(3)30(24-12-6-4-7-13-24)22-25-23-32-29-17-11-10-16-28(25)29/h4-17,23,27,30,32H,18-22H2,1-3H3. The molecule has 1 aliphatic rings. The Labute approximate surface area is 204 Å². The van der Waals surface area contributed by atoms with Crippen molar-refractivity contribution in [2.45, 2.75) is 49.7 Å². The molecule has 1 fully saturated rings. The Kier molecular flexibility index (Phi) is 6.58. The van der Waals surface area contributed by atoms with Crippen molar-refractivity contribution in [1.82, 2.24) is 14.8 Å². The van der Waals surface area contributed by atoms with Crippen LogP contribution in [0, 0.1) is 0 Å². The Morgan fingerprint density at radius 3 is 2.12 bits per heavy atom.